The first-order valence-electron chi connectivity index (χ1n) is 7.38. The fraction of sp³-hybridized carbons (Fsp3) is 0.375. The largest absolute Gasteiger partial charge is 0.490 e. The van der Waals surface area contributed by atoms with Crippen molar-refractivity contribution in [3.8, 4) is 5.75 Å². The average Bonchev–Trinajstić information content (AvgIpc) is 2.77. The monoisotopic (exact) mass is 397 g/mol. The van der Waals surface area contributed by atoms with Gasteiger partial charge in [-0.3, -0.25) is 24.1 Å². The third-order valence-corrected chi connectivity index (χ3v) is 4.38. The van der Waals surface area contributed by atoms with Gasteiger partial charge in [-0.15, -0.1) is 0 Å². The summed E-state index contributed by atoms with van der Waals surface area (Å²) in [5, 5.41) is 0.479. The molecule has 0 aromatic heterocycles. The number of halogens is 2. The summed E-state index contributed by atoms with van der Waals surface area (Å²) < 4.78 is 19.2. The molecule has 24 heavy (non-hydrogen) atoms. The van der Waals surface area contributed by atoms with Gasteiger partial charge in [-0.2, -0.15) is 0 Å². The lowest BCUT2D eigenvalue weighted by Crippen LogP contribution is -2.47. The van der Waals surface area contributed by atoms with Crippen molar-refractivity contribution in [1.82, 2.24) is 4.90 Å². The van der Waals surface area contributed by atoms with Crippen LogP contribution in [0.2, 0.25) is 0 Å². The molecule has 0 radical (unpaired) electrons. The average molecular weight is 398 g/mol. The van der Waals surface area contributed by atoms with E-state index in [-0.39, 0.29) is 48.5 Å². The molecule has 0 N–H and O–H groups in total. The van der Waals surface area contributed by atoms with Gasteiger partial charge in [0.1, 0.15) is 5.78 Å². The van der Waals surface area contributed by atoms with E-state index in [4.69, 9.17) is 4.74 Å². The number of amides is 2. The summed E-state index contributed by atoms with van der Waals surface area (Å²) in [5.41, 5.74) is -0.0796. The standard InChI is InChI=1S/C16H13BrFNO5/c17-3-4-24-14-7-10-9(6-11(14)18)15(22)19(16(10)23)12-2-1-8(20)5-13(12)21/h6-7,12H,1-5H2. The Morgan fingerprint density at radius 1 is 1.17 bits per heavy atom. The first-order chi connectivity index (χ1) is 11.4. The molecule has 1 saturated carbocycles. The number of ketones is 2. The summed E-state index contributed by atoms with van der Waals surface area (Å²) in [6, 6.07) is 1.17. The molecule has 3 rings (SSSR count). The first-order valence-corrected chi connectivity index (χ1v) is 8.50. The van der Waals surface area contributed by atoms with Gasteiger partial charge in [0, 0.05) is 11.8 Å². The summed E-state index contributed by atoms with van der Waals surface area (Å²) >= 11 is 3.15. The van der Waals surface area contributed by atoms with E-state index in [1.54, 1.807) is 0 Å². The van der Waals surface area contributed by atoms with Crippen molar-refractivity contribution < 1.29 is 28.3 Å². The third-order valence-electron chi connectivity index (χ3n) is 4.06. The van der Waals surface area contributed by atoms with Gasteiger partial charge in [0.25, 0.3) is 11.8 Å². The quantitative estimate of drug-likeness (QED) is 0.440. The first kappa shape index (κ1) is 16.8. The van der Waals surface area contributed by atoms with Crippen LogP contribution in [0, 0.1) is 5.82 Å². The molecular weight excluding hydrogens is 385 g/mol. The molecule has 0 saturated heterocycles. The van der Waals surface area contributed by atoms with E-state index < -0.39 is 29.5 Å². The molecule has 1 aliphatic heterocycles. The Morgan fingerprint density at radius 3 is 2.46 bits per heavy atom. The Morgan fingerprint density at radius 2 is 1.83 bits per heavy atom. The smallest absolute Gasteiger partial charge is 0.262 e. The minimum atomic E-state index is -0.968. The zero-order valence-electron chi connectivity index (χ0n) is 12.5. The number of imide groups is 1. The van der Waals surface area contributed by atoms with Crippen molar-refractivity contribution in [2.75, 3.05) is 11.9 Å². The molecule has 1 fully saturated rings. The van der Waals surface area contributed by atoms with Crippen molar-refractivity contribution in [1.29, 1.82) is 0 Å². The maximum Gasteiger partial charge on any atom is 0.262 e. The highest BCUT2D eigenvalue weighted by Crippen LogP contribution is 2.32. The van der Waals surface area contributed by atoms with Crippen LogP contribution < -0.4 is 4.74 Å². The molecule has 1 aromatic rings. The second-order valence-electron chi connectivity index (χ2n) is 5.58. The van der Waals surface area contributed by atoms with Crippen molar-refractivity contribution in [2.24, 2.45) is 0 Å². The van der Waals surface area contributed by atoms with Gasteiger partial charge in [0.15, 0.2) is 17.3 Å². The molecule has 1 atom stereocenters. The number of carbonyl (C=O) groups excluding carboxylic acids is 4. The van der Waals surface area contributed by atoms with Crippen LogP contribution in [-0.2, 0) is 9.59 Å². The Hall–Kier alpha value is -2.09. The van der Waals surface area contributed by atoms with E-state index in [0.29, 0.717) is 5.33 Å². The van der Waals surface area contributed by atoms with Crippen molar-refractivity contribution in [3.05, 3.63) is 29.1 Å². The molecule has 1 aliphatic carbocycles. The molecule has 2 aliphatic rings. The number of hydrogen-bond donors (Lipinski definition) is 0. The Labute approximate surface area is 145 Å². The predicted octanol–water partition coefficient (Wildman–Crippen LogP) is 1.89. The molecule has 6 nitrogen and oxygen atoms in total. The predicted molar refractivity (Wildman–Crippen MR) is 83.8 cm³/mol. The number of alkyl halides is 1. The fourth-order valence-corrected chi connectivity index (χ4v) is 3.10. The van der Waals surface area contributed by atoms with Crippen molar-refractivity contribution >= 4 is 39.3 Å². The summed E-state index contributed by atoms with van der Waals surface area (Å²) in [5.74, 6) is -2.91. The van der Waals surface area contributed by atoms with E-state index in [9.17, 15) is 23.6 Å². The molecule has 0 spiro atoms. The number of hydrogen-bond acceptors (Lipinski definition) is 5. The van der Waals surface area contributed by atoms with Gasteiger partial charge < -0.3 is 4.74 Å². The number of ether oxygens (including phenoxy) is 1. The molecule has 1 unspecified atom stereocenters. The van der Waals surface area contributed by atoms with E-state index in [2.05, 4.69) is 15.9 Å². The van der Waals surface area contributed by atoms with Crippen LogP contribution in [0.1, 0.15) is 40.0 Å². The summed E-state index contributed by atoms with van der Waals surface area (Å²) in [7, 11) is 0. The molecule has 1 aromatic carbocycles. The lowest BCUT2D eigenvalue weighted by Gasteiger charge is -2.27. The lowest BCUT2D eigenvalue weighted by atomic mass is 9.92. The topological polar surface area (TPSA) is 80.8 Å². The molecule has 0 bridgehead atoms. The SMILES string of the molecule is O=C1CCC(N2C(=O)c3cc(F)c(OCCBr)cc3C2=O)C(=O)C1. The van der Waals surface area contributed by atoms with Crippen molar-refractivity contribution in [2.45, 2.75) is 25.3 Å². The van der Waals surface area contributed by atoms with Crippen LogP contribution in [-0.4, -0.2) is 46.3 Å². The molecular formula is C16H13BrFNO5. The van der Waals surface area contributed by atoms with Gasteiger partial charge in [-0.25, -0.2) is 4.39 Å². The Kier molecular flexibility index (Phi) is 4.49. The van der Waals surface area contributed by atoms with E-state index in [1.165, 1.54) is 6.07 Å². The lowest BCUT2D eigenvalue weighted by molar-refractivity contribution is -0.132. The number of Topliss-reactive ketones (excluding diaryl/α,β-unsaturated/α-hetero) is 2. The van der Waals surface area contributed by atoms with E-state index >= 15 is 0 Å². The van der Waals surface area contributed by atoms with Crippen LogP contribution in [0.3, 0.4) is 0 Å². The van der Waals surface area contributed by atoms with E-state index in [0.717, 1.165) is 11.0 Å². The van der Waals surface area contributed by atoms with Crippen LogP contribution >= 0.6 is 15.9 Å². The number of nitrogens with zero attached hydrogens (tertiary/aromatic N) is 1. The molecule has 8 heteroatoms. The highest BCUT2D eigenvalue weighted by atomic mass is 79.9. The zero-order chi connectivity index (χ0) is 17.4. The van der Waals surface area contributed by atoms with Crippen LogP contribution in [0.25, 0.3) is 0 Å². The second-order valence-corrected chi connectivity index (χ2v) is 6.38. The summed E-state index contributed by atoms with van der Waals surface area (Å²) in [4.78, 5) is 49.2. The number of benzene rings is 1. The summed E-state index contributed by atoms with van der Waals surface area (Å²) in [6.45, 7) is 0.199. The fourth-order valence-electron chi connectivity index (χ4n) is 2.93. The molecule has 126 valence electrons. The normalized spacial score (nSPS) is 20.6. The number of carbonyl (C=O) groups is 4. The minimum Gasteiger partial charge on any atom is -0.490 e. The molecule has 2 amide bonds. The van der Waals surface area contributed by atoms with Gasteiger partial charge in [0.05, 0.1) is 30.2 Å². The summed E-state index contributed by atoms with van der Waals surface area (Å²) in [6.07, 6.45) is -0.0393. The Balaban J connectivity index is 1.93. The second kappa shape index (κ2) is 6.43. The number of fused-ring (bicyclic) bond motifs is 1. The Bertz CT molecular complexity index is 763. The highest BCUT2D eigenvalue weighted by Gasteiger charge is 2.45. The van der Waals surface area contributed by atoms with Gasteiger partial charge in [-0.05, 0) is 18.6 Å². The highest BCUT2D eigenvalue weighted by molar-refractivity contribution is 9.09. The zero-order valence-corrected chi connectivity index (χ0v) is 14.1. The van der Waals surface area contributed by atoms with Crippen LogP contribution in [0.15, 0.2) is 12.1 Å². The van der Waals surface area contributed by atoms with Gasteiger partial charge in [-0.1, -0.05) is 15.9 Å². The maximum absolute atomic E-state index is 14.0. The number of rotatable bonds is 4. The van der Waals surface area contributed by atoms with Gasteiger partial charge >= 0.3 is 0 Å². The van der Waals surface area contributed by atoms with Crippen LogP contribution in [0.4, 0.5) is 4.39 Å². The van der Waals surface area contributed by atoms with Crippen molar-refractivity contribution in [3.63, 3.8) is 0 Å². The van der Waals surface area contributed by atoms with Gasteiger partial charge in [0.2, 0.25) is 0 Å². The molecule has 1 heterocycles. The van der Waals surface area contributed by atoms with Crippen LogP contribution in [0.5, 0.6) is 5.75 Å². The third kappa shape index (κ3) is 2.75. The van der Waals surface area contributed by atoms with E-state index in [1.807, 2.05) is 0 Å². The maximum atomic E-state index is 14.0. The minimum absolute atomic E-state index is 0.00988.